The summed E-state index contributed by atoms with van der Waals surface area (Å²) in [4.78, 5) is 2.12. The smallest absolute Gasteiger partial charge is 0.230 e. The van der Waals surface area contributed by atoms with E-state index >= 15 is 0 Å². The van der Waals surface area contributed by atoms with Crippen molar-refractivity contribution in [3.63, 3.8) is 0 Å². The van der Waals surface area contributed by atoms with Crippen molar-refractivity contribution in [3.8, 4) is 0 Å². The Morgan fingerprint density at radius 3 is 2.50 bits per heavy atom. The Balaban J connectivity index is 1.89. The SMILES string of the molecule is CCc1nnc(CN(CCO)CCc2ccccc2)o1. The molecule has 1 aromatic heterocycles. The van der Waals surface area contributed by atoms with Crippen LogP contribution in [-0.4, -0.2) is 39.9 Å². The largest absolute Gasteiger partial charge is 0.424 e. The van der Waals surface area contributed by atoms with Crippen LogP contribution >= 0.6 is 0 Å². The van der Waals surface area contributed by atoms with Crippen molar-refractivity contribution in [2.24, 2.45) is 0 Å². The minimum Gasteiger partial charge on any atom is -0.424 e. The van der Waals surface area contributed by atoms with E-state index in [0.29, 0.717) is 24.9 Å². The molecule has 0 saturated carbocycles. The van der Waals surface area contributed by atoms with Crippen LogP contribution in [0.4, 0.5) is 0 Å². The number of aliphatic hydroxyl groups is 1. The Hall–Kier alpha value is -1.72. The highest BCUT2D eigenvalue weighted by atomic mass is 16.4. The summed E-state index contributed by atoms with van der Waals surface area (Å²) in [5.74, 6) is 1.27. The van der Waals surface area contributed by atoms with Gasteiger partial charge < -0.3 is 9.52 Å². The molecule has 0 aliphatic carbocycles. The number of hydrogen-bond donors (Lipinski definition) is 1. The molecule has 5 heteroatoms. The third kappa shape index (κ3) is 4.43. The molecule has 108 valence electrons. The molecule has 2 aromatic rings. The summed E-state index contributed by atoms with van der Waals surface area (Å²) in [7, 11) is 0. The fraction of sp³-hybridized carbons (Fsp3) is 0.467. The van der Waals surface area contributed by atoms with Gasteiger partial charge in [0.25, 0.3) is 0 Å². The van der Waals surface area contributed by atoms with Gasteiger partial charge in [-0.25, -0.2) is 0 Å². The first-order valence-corrected chi connectivity index (χ1v) is 7.00. The molecule has 0 saturated heterocycles. The highest BCUT2D eigenvalue weighted by Crippen LogP contribution is 2.07. The number of aryl methyl sites for hydroxylation is 1. The van der Waals surface area contributed by atoms with Crippen molar-refractivity contribution in [2.45, 2.75) is 26.3 Å². The van der Waals surface area contributed by atoms with Gasteiger partial charge in [0.05, 0.1) is 13.2 Å². The lowest BCUT2D eigenvalue weighted by Crippen LogP contribution is -2.28. The third-order valence-corrected chi connectivity index (χ3v) is 3.15. The molecule has 2 rings (SSSR count). The zero-order chi connectivity index (χ0) is 14.2. The minimum absolute atomic E-state index is 0.129. The summed E-state index contributed by atoms with van der Waals surface area (Å²) in [6.07, 6.45) is 1.69. The van der Waals surface area contributed by atoms with Crippen LogP contribution in [0.15, 0.2) is 34.7 Å². The second-order valence-corrected chi connectivity index (χ2v) is 4.68. The molecule has 0 aliphatic rings. The zero-order valence-corrected chi connectivity index (χ0v) is 11.8. The van der Waals surface area contributed by atoms with Crippen LogP contribution in [0, 0.1) is 0 Å². The van der Waals surface area contributed by atoms with Gasteiger partial charge in [-0.1, -0.05) is 37.3 Å². The normalized spacial score (nSPS) is 11.2. The molecule has 1 heterocycles. The monoisotopic (exact) mass is 275 g/mol. The molecule has 20 heavy (non-hydrogen) atoms. The van der Waals surface area contributed by atoms with Gasteiger partial charge in [0, 0.05) is 19.5 Å². The van der Waals surface area contributed by atoms with E-state index in [2.05, 4.69) is 27.2 Å². The number of benzene rings is 1. The molecule has 1 aromatic carbocycles. The minimum atomic E-state index is 0.129. The Bertz CT molecular complexity index is 499. The molecule has 0 aliphatic heterocycles. The first kappa shape index (κ1) is 14.7. The maximum absolute atomic E-state index is 9.15. The van der Waals surface area contributed by atoms with Crippen molar-refractivity contribution in [2.75, 3.05) is 19.7 Å². The number of aromatic nitrogens is 2. The average Bonchev–Trinajstić information content (AvgIpc) is 2.94. The van der Waals surface area contributed by atoms with Gasteiger partial charge in [0.15, 0.2) is 0 Å². The second kappa shape index (κ2) is 7.77. The van der Waals surface area contributed by atoms with Gasteiger partial charge in [0.1, 0.15) is 0 Å². The van der Waals surface area contributed by atoms with Crippen molar-refractivity contribution >= 4 is 0 Å². The molecule has 0 unspecified atom stereocenters. The molecular formula is C15H21N3O2. The van der Waals surface area contributed by atoms with Gasteiger partial charge in [-0.15, -0.1) is 10.2 Å². The van der Waals surface area contributed by atoms with Crippen molar-refractivity contribution in [1.82, 2.24) is 15.1 Å². The van der Waals surface area contributed by atoms with Gasteiger partial charge >= 0.3 is 0 Å². The van der Waals surface area contributed by atoms with Crippen LogP contribution in [0.5, 0.6) is 0 Å². The van der Waals surface area contributed by atoms with Crippen LogP contribution in [0.1, 0.15) is 24.3 Å². The summed E-state index contributed by atoms with van der Waals surface area (Å²) in [5, 5.41) is 17.1. The van der Waals surface area contributed by atoms with E-state index in [1.807, 2.05) is 25.1 Å². The van der Waals surface area contributed by atoms with Crippen molar-refractivity contribution < 1.29 is 9.52 Å². The number of rotatable bonds is 8. The highest BCUT2D eigenvalue weighted by molar-refractivity contribution is 5.14. The molecule has 0 amide bonds. The fourth-order valence-corrected chi connectivity index (χ4v) is 2.03. The molecule has 1 N–H and O–H groups in total. The van der Waals surface area contributed by atoms with E-state index in [4.69, 9.17) is 9.52 Å². The average molecular weight is 275 g/mol. The molecule has 0 spiro atoms. The van der Waals surface area contributed by atoms with Gasteiger partial charge in [0.2, 0.25) is 11.8 Å². The Labute approximate surface area is 119 Å². The summed E-state index contributed by atoms with van der Waals surface area (Å²) in [6, 6.07) is 10.3. The van der Waals surface area contributed by atoms with Crippen LogP contribution in [0.25, 0.3) is 0 Å². The van der Waals surface area contributed by atoms with E-state index in [0.717, 1.165) is 19.4 Å². The van der Waals surface area contributed by atoms with Crippen LogP contribution in [0.3, 0.4) is 0 Å². The Morgan fingerprint density at radius 1 is 1.10 bits per heavy atom. The molecule has 0 fully saturated rings. The van der Waals surface area contributed by atoms with Gasteiger partial charge in [-0.3, -0.25) is 4.90 Å². The fourth-order valence-electron chi connectivity index (χ4n) is 2.03. The molecular weight excluding hydrogens is 254 g/mol. The molecule has 0 bridgehead atoms. The van der Waals surface area contributed by atoms with Gasteiger partial charge in [-0.2, -0.15) is 0 Å². The van der Waals surface area contributed by atoms with E-state index in [9.17, 15) is 0 Å². The first-order valence-electron chi connectivity index (χ1n) is 7.00. The van der Waals surface area contributed by atoms with Crippen molar-refractivity contribution in [1.29, 1.82) is 0 Å². The second-order valence-electron chi connectivity index (χ2n) is 4.68. The number of aliphatic hydroxyl groups excluding tert-OH is 1. The Kier molecular flexibility index (Phi) is 5.70. The molecule has 5 nitrogen and oxygen atoms in total. The van der Waals surface area contributed by atoms with Crippen LogP contribution in [-0.2, 0) is 19.4 Å². The maximum atomic E-state index is 9.15. The topological polar surface area (TPSA) is 62.4 Å². The van der Waals surface area contributed by atoms with E-state index in [1.165, 1.54) is 5.56 Å². The zero-order valence-electron chi connectivity index (χ0n) is 11.8. The quantitative estimate of drug-likeness (QED) is 0.794. The van der Waals surface area contributed by atoms with Crippen LogP contribution < -0.4 is 0 Å². The number of nitrogens with zero attached hydrogens (tertiary/aromatic N) is 3. The predicted molar refractivity (Wildman–Crippen MR) is 76.2 cm³/mol. The van der Waals surface area contributed by atoms with Gasteiger partial charge in [-0.05, 0) is 12.0 Å². The number of hydrogen-bond acceptors (Lipinski definition) is 5. The lowest BCUT2D eigenvalue weighted by Gasteiger charge is -2.19. The van der Waals surface area contributed by atoms with E-state index in [-0.39, 0.29) is 6.61 Å². The van der Waals surface area contributed by atoms with E-state index in [1.54, 1.807) is 0 Å². The summed E-state index contributed by atoms with van der Waals surface area (Å²) in [6.45, 7) is 4.16. The standard InChI is InChI=1S/C15H21N3O2/c1-2-14-16-17-15(20-14)12-18(10-11-19)9-8-13-6-4-3-5-7-13/h3-7,19H,2,8-12H2,1H3. The molecule has 0 atom stereocenters. The predicted octanol–water partition coefficient (Wildman–Crippen LogP) is 1.67. The lowest BCUT2D eigenvalue weighted by molar-refractivity contribution is 0.179. The first-order chi connectivity index (χ1) is 9.81. The third-order valence-electron chi connectivity index (χ3n) is 3.15. The lowest BCUT2D eigenvalue weighted by atomic mass is 10.1. The summed E-state index contributed by atoms with van der Waals surface area (Å²) < 4.78 is 5.52. The van der Waals surface area contributed by atoms with Crippen molar-refractivity contribution in [3.05, 3.63) is 47.7 Å². The summed E-state index contributed by atoms with van der Waals surface area (Å²) in [5.41, 5.74) is 1.29. The highest BCUT2D eigenvalue weighted by Gasteiger charge is 2.11. The molecule has 0 radical (unpaired) electrons. The summed E-state index contributed by atoms with van der Waals surface area (Å²) >= 11 is 0. The maximum Gasteiger partial charge on any atom is 0.230 e. The van der Waals surface area contributed by atoms with Crippen LogP contribution in [0.2, 0.25) is 0 Å². The Morgan fingerprint density at radius 2 is 1.85 bits per heavy atom. The van der Waals surface area contributed by atoms with E-state index < -0.39 is 0 Å².